The molecular weight excluding hydrogens is 628 g/mol. The molecule has 3 aliphatic rings. The van der Waals surface area contributed by atoms with Crippen LogP contribution in [0, 0.1) is 17.3 Å². The summed E-state index contributed by atoms with van der Waals surface area (Å²) in [5.74, 6) is 3.92. The van der Waals surface area contributed by atoms with Crippen LogP contribution in [-0.4, -0.2) is 79.3 Å². The minimum atomic E-state index is -1.99. The lowest BCUT2D eigenvalue weighted by Gasteiger charge is -2.38. The summed E-state index contributed by atoms with van der Waals surface area (Å²) in [7, 11) is 0.134. The molecule has 1 N–H and O–H groups in total. The maximum atomic E-state index is 17.1. The van der Waals surface area contributed by atoms with E-state index in [0.29, 0.717) is 52.6 Å². The van der Waals surface area contributed by atoms with Gasteiger partial charge < -0.3 is 19.9 Å². The third-order valence-electron chi connectivity index (χ3n) is 11.7. The lowest BCUT2D eigenvalue weighted by atomic mass is 9.97. The summed E-state index contributed by atoms with van der Waals surface area (Å²) in [5.41, 5.74) is 7.60. The summed E-state index contributed by atoms with van der Waals surface area (Å²) >= 11 is 0. The average Bonchev–Trinajstić information content (AvgIpc) is 3.65. The highest BCUT2D eigenvalue weighted by Gasteiger charge is 2.42. The molecule has 5 heterocycles. The van der Waals surface area contributed by atoms with E-state index in [1.807, 2.05) is 12.1 Å². The monoisotopic (exact) mass is 678 g/mol. The number of likely N-dealkylation sites (tertiary alicyclic amines) is 1. The lowest BCUT2D eigenvalue weighted by molar-refractivity contribution is 0.188. The predicted octanol–water partition coefficient (Wildman–Crippen LogP) is 7.97. The molecule has 0 aliphatic carbocycles. The van der Waals surface area contributed by atoms with E-state index in [2.05, 4.69) is 99.4 Å². The molecule has 7 rings (SSSR count). The van der Waals surface area contributed by atoms with Crippen LogP contribution in [0.5, 0.6) is 6.01 Å². The second-order valence-corrected chi connectivity index (χ2v) is 21.1. The van der Waals surface area contributed by atoms with E-state index in [1.165, 1.54) is 0 Å². The molecule has 3 fully saturated rings. The Bertz CT molecular complexity index is 1880. The fourth-order valence-corrected chi connectivity index (χ4v) is 14.3. The minimum Gasteiger partial charge on any atom is -0.462 e. The molecule has 0 spiro atoms. The molecule has 7 nitrogen and oxygen atoms in total. The molecule has 258 valence electrons. The third kappa shape index (κ3) is 6.21. The normalized spacial score (nSPS) is 21.4. The molecule has 2 unspecified atom stereocenters. The van der Waals surface area contributed by atoms with Crippen molar-refractivity contribution in [3.05, 3.63) is 54.0 Å². The number of fused-ring (bicyclic) bond motifs is 4. The first-order valence-electron chi connectivity index (χ1n) is 18.3. The number of pyridine rings is 1. The number of nitrogens with one attached hydrogen (secondary N) is 1. The van der Waals surface area contributed by atoms with Crippen molar-refractivity contribution in [1.29, 1.82) is 0 Å². The van der Waals surface area contributed by atoms with Crippen LogP contribution < -0.4 is 15.0 Å². The largest absolute Gasteiger partial charge is 0.462 e. The van der Waals surface area contributed by atoms with Gasteiger partial charge in [0.2, 0.25) is 0 Å². The van der Waals surface area contributed by atoms with Crippen molar-refractivity contribution in [2.75, 3.05) is 38.2 Å². The zero-order valence-corrected chi connectivity index (χ0v) is 31.2. The Morgan fingerprint density at radius 1 is 0.959 bits per heavy atom. The highest BCUT2D eigenvalue weighted by Crippen LogP contribution is 2.42. The smallest absolute Gasteiger partial charge is 0.319 e. The van der Waals surface area contributed by atoms with Gasteiger partial charge >= 0.3 is 6.01 Å². The lowest BCUT2D eigenvalue weighted by Crippen LogP contribution is -2.51. The van der Waals surface area contributed by atoms with Crippen LogP contribution in [-0.2, 0) is 0 Å². The fourth-order valence-electron chi connectivity index (χ4n) is 9.10. The number of likely N-dealkylation sites (N-methyl/N-ethyl adjacent to an activating group) is 1. The van der Waals surface area contributed by atoms with Gasteiger partial charge in [0.05, 0.1) is 5.39 Å². The van der Waals surface area contributed by atoms with Crippen molar-refractivity contribution in [3.8, 4) is 28.7 Å². The first kappa shape index (κ1) is 33.9. The standard InChI is InChI=1S/C40H51FN6OSi/c1-25(2)49(26(3)4,27(5)6)20-18-29-12-8-11-28-13-9-15-33(35(28)29)37-36(41)38-34(21-42-37)39(47-22-30-16-17-31(23-47)43-30)45-40(44-38)48-24-32-14-10-19-46(32)7/h8-9,11-13,15,21,25-27,30-32,43H,10,14,16-17,19,22-24H2,1-7H3/t30?,31?,32-/m0/s1. The summed E-state index contributed by atoms with van der Waals surface area (Å²) in [6.07, 6.45) is 6.26. The average molecular weight is 679 g/mol. The van der Waals surface area contributed by atoms with Gasteiger partial charge in [0.1, 0.15) is 31.7 Å². The number of piperazine rings is 1. The molecule has 9 heteroatoms. The topological polar surface area (TPSA) is 66.4 Å². The van der Waals surface area contributed by atoms with Gasteiger partial charge in [-0.2, -0.15) is 9.97 Å². The van der Waals surface area contributed by atoms with E-state index in [9.17, 15) is 0 Å². The molecule has 3 aliphatic heterocycles. The second-order valence-electron chi connectivity index (χ2n) is 15.5. The first-order chi connectivity index (χ1) is 23.6. The molecule has 4 aromatic rings. The number of hydrogen-bond donors (Lipinski definition) is 1. The number of hydrogen-bond acceptors (Lipinski definition) is 7. The first-order valence-corrected chi connectivity index (χ1v) is 20.6. The fraction of sp³-hybridized carbons (Fsp3) is 0.525. The van der Waals surface area contributed by atoms with Crippen LogP contribution in [0.15, 0.2) is 42.6 Å². The number of aromatic nitrogens is 3. The van der Waals surface area contributed by atoms with Crippen molar-refractivity contribution in [2.45, 2.75) is 102 Å². The molecule has 3 saturated heterocycles. The van der Waals surface area contributed by atoms with Gasteiger partial charge in [-0.1, -0.05) is 77.8 Å². The summed E-state index contributed by atoms with van der Waals surface area (Å²) in [4.78, 5) is 19.1. The van der Waals surface area contributed by atoms with Crippen LogP contribution in [0.4, 0.5) is 10.2 Å². The number of benzene rings is 2. The van der Waals surface area contributed by atoms with Crippen LogP contribution in [0.25, 0.3) is 32.9 Å². The SMILES string of the molecule is CC(C)[Si](C#Cc1cccc2cccc(-c3ncc4c(N5CC6CCC(C5)N6)nc(OC[C@@H]5CCCN5C)nc4c3F)c12)(C(C)C)C(C)C. The highest BCUT2D eigenvalue weighted by molar-refractivity contribution is 6.90. The molecule has 0 radical (unpaired) electrons. The summed E-state index contributed by atoms with van der Waals surface area (Å²) in [6, 6.07) is 13.5. The van der Waals surface area contributed by atoms with Crippen molar-refractivity contribution in [3.63, 3.8) is 0 Å². The van der Waals surface area contributed by atoms with Gasteiger partial charge in [-0.15, -0.1) is 5.54 Å². The molecule has 3 atom stereocenters. The molecule has 2 aromatic carbocycles. The molecule has 2 bridgehead atoms. The zero-order valence-electron chi connectivity index (χ0n) is 30.2. The number of halogens is 1. The van der Waals surface area contributed by atoms with E-state index in [1.54, 1.807) is 6.20 Å². The summed E-state index contributed by atoms with van der Waals surface area (Å²) in [5, 5.41) is 6.26. The van der Waals surface area contributed by atoms with Crippen LogP contribution in [0.2, 0.25) is 16.6 Å². The van der Waals surface area contributed by atoms with E-state index < -0.39 is 13.9 Å². The van der Waals surface area contributed by atoms with Crippen molar-refractivity contribution in [1.82, 2.24) is 25.2 Å². The Labute approximate surface area is 292 Å². The number of nitrogens with zero attached hydrogens (tertiary/aromatic N) is 5. The molecule has 49 heavy (non-hydrogen) atoms. The number of ether oxygens (including phenoxy) is 1. The molecule has 0 amide bonds. The Kier molecular flexibility index (Phi) is 9.42. The van der Waals surface area contributed by atoms with Gasteiger partial charge in [-0.25, -0.2) is 4.39 Å². The Morgan fingerprint density at radius 3 is 2.31 bits per heavy atom. The second kappa shape index (κ2) is 13.6. The van der Waals surface area contributed by atoms with E-state index in [0.717, 1.165) is 67.2 Å². The maximum Gasteiger partial charge on any atom is 0.319 e. The number of rotatable bonds is 8. The highest BCUT2D eigenvalue weighted by atomic mass is 28.3. The zero-order chi connectivity index (χ0) is 34.4. The molecular formula is C40H51FN6OSi. The summed E-state index contributed by atoms with van der Waals surface area (Å²) < 4.78 is 23.4. The minimum absolute atomic E-state index is 0.228. The van der Waals surface area contributed by atoms with Crippen molar-refractivity contribution < 1.29 is 9.13 Å². The van der Waals surface area contributed by atoms with Gasteiger partial charge in [0, 0.05) is 53.9 Å². The van der Waals surface area contributed by atoms with E-state index in [4.69, 9.17) is 19.7 Å². The Hall–Kier alpha value is -3.58. The van der Waals surface area contributed by atoms with Crippen LogP contribution in [0.1, 0.15) is 72.8 Å². The van der Waals surface area contributed by atoms with E-state index in [-0.39, 0.29) is 17.2 Å². The number of anilines is 1. The van der Waals surface area contributed by atoms with Gasteiger partial charge in [0.25, 0.3) is 0 Å². The van der Waals surface area contributed by atoms with Gasteiger partial charge in [-0.05, 0) is 67.4 Å². The molecule has 2 aromatic heterocycles. The van der Waals surface area contributed by atoms with Crippen LogP contribution in [0.3, 0.4) is 0 Å². The Balaban J connectivity index is 1.36. The van der Waals surface area contributed by atoms with Crippen LogP contribution >= 0.6 is 0 Å². The van der Waals surface area contributed by atoms with Crippen molar-refractivity contribution >= 4 is 35.6 Å². The quantitative estimate of drug-likeness (QED) is 0.150. The predicted molar refractivity (Wildman–Crippen MR) is 201 cm³/mol. The van der Waals surface area contributed by atoms with Gasteiger partial charge in [0.15, 0.2) is 5.82 Å². The third-order valence-corrected chi connectivity index (χ3v) is 18.0. The Morgan fingerprint density at radius 2 is 1.65 bits per heavy atom. The van der Waals surface area contributed by atoms with Gasteiger partial charge in [-0.3, -0.25) is 4.98 Å². The van der Waals surface area contributed by atoms with E-state index >= 15 is 4.39 Å². The van der Waals surface area contributed by atoms with Crippen molar-refractivity contribution in [2.24, 2.45) is 0 Å². The molecule has 0 saturated carbocycles. The maximum absolute atomic E-state index is 17.1. The summed E-state index contributed by atoms with van der Waals surface area (Å²) in [6.45, 7) is 17.1.